The number of carbonyl (C=O) groups excluding carboxylic acids is 2. The van der Waals surface area contributed by atoms with Crippen LogP contribution in [-0.4, -0.2) is 102 Å². The van der Waals surface area contributed by atoms with Gasteiger partial charge < -0.3 is 28.7 Å². The van der Waals surface area contributed by atoms with Crippen LogP contribution in [0.4, 0.5) is 0 Å². The van der Waals surface area contributed by atoms with E-state index >= 15 is 0 Å². The van der Waals surface area contributed by atoms with Crippen LogP contribution >= 0.6 is 0 Å². The van der Waals surface area contributed by atoms with E-state index in [2.05, 4.69) is 4.90 Å². The van der Waals surface area contributed by atoms with E-state index in [1.54, 1.807) is 0 Å². The lowest BCUT2D eigenvalue weighted by Gasteiger charge is -2.16. The van der Waals surface area contributed by atoms with Gasteiger partial charge in [-0.25, -0.2) is 0 Å². The first kappa shape index (κ1) is 24.8. The molecule has 0 spiro atoms. The molecule has 0 aliphatic carbocycles. The highest BCUT2D eigenvalue weighted by Gasteiger charge is 2.06. The van der Waals surface area contributed by atoms with Crippen molar-refractivity contribution < 1.29 is 28.5 Å². The molecule has 154 valence electrons. The van der Waals surface area contributed by atoms with E-state index in [0.29, 0.717) is 45.8 Å². The molecule has 26 heavy (non-hydrogen) atoms. The fourth-order valence-electron chi connectivity index (χ4n) is 1.84. The van der Waals surface area contributed by atoms with Crippen molar-refractivity contribution in [3.8, 4) is 0 Å². The Bertz CT molecular complexity index is 366. The third-order valence-electron chi connectivity index (χ3n) is 3.43. The highest BCUT2D eigenvalue weighted by atomic mass is 16.6. The van der Waals surface area contributed by atoms with Gasteiger partial charge in [-0.15, -0.1) is 0 Å². The number of esters is 2. The molecule has 8 heteroatoms. The van der Waals surface area contributed by atoms with Crippen LogP contribution in [0.5, 0.6) is 0 Å². The third-order valence-corrected chi connectivity index (χ3v) is 3.43. The number of ether oxygens (including phenoxy) is 4. The van der Waals surface area contributed by atoms with Gasteiger partial charge in [-0.1, -0.05) is 6.92 Å². The summed E-state index contributed by atoms with van der Waals surface area (Å²) in [6.07, 6.45) is 1.53. The molecule has 8 nitrogen and oxygen atoms in total. The van der Waals surface area contributed by atoms with Crippen molar-refractivity contribution in [3.63, 3.8) is 0 Å². The Kier molecular flexibility index (Phi) is 16.4. The van der Waals surface area contributed by atoms with Crippen molar-refractivity contribution >= 4 is 11.9 Å². The van der Waals surface area contributed by atoms with Crippen LogP contribution in [-0.2, 0) is 28.5 Å². The monoisotopic (exact) mass is 376 g/mol. The van der Waals surface area contributed by atoms with E-state index < -0.39 is 0 Å². The Morgan fingerprint density at radius 1 is 0.692 bits per heavy atom. The van der Waals surface area contributed by atoms with Crippen molar-refractivity contribution in [2.75, 3.05) is 80.4 Å². The smallest absolute Gasteiger partial charge is 0.307 e. The second-order valence-corrected chi connectivity index (χ2v) is 6.27. The third kappa shape index (κ3) is 17.6. The summed E-state index contributed by atoms with van der Waals surface area (Å²) >= 11 is 0. The van der Waals surface area contributed by atoms with Crippen molar-refractivity contribution in [1.29, 1.82) is 0 Å². The van der Waals surface area contributed by atoms with Crippen LogP contribution < -0.4 is 0 Å². The van der Waals surface area contributed by atoms with E-state index in [4.69, 9.17) is 18.9 Å². The summed E-state index contributed by atoms with van der Waals surface area (Å²) in [5.74, 6) is -0.460. The molecule has 0 atom stereocenters. The fraction of sp³-hybridized carbons (Fsp3) is 0.889. The van der Waals surface area contributed by atoms with Crippen molar-refractivity contribution in [2.45, 2.75) is 26.2 Å². The highest BCUT2D eigenvalue weighted by Crippen LogP contribution is 1.93. The summed E-state index contributed by atoms with van der Waals surface area (Å²) in [7, 11) is 5.97. The molecular weight excluding hydrogens is 340 g/mol. The largest absolute Gasteiger partial charge is 0.463 e. The molecule has 0 unspecified atom stereocenters. The van der Waals surface area contributed by atoms with Crippen molar-refractivity contribution in [3.05, 3.63) is 0 Å². The number of likely N-dealkylation sites (N-methyl/N-ethyl adjacent to an activating group) is 2. The summed E-state index contributed by atoms with van der Waals surface area (Å²) in [6, 6.07) is 0. The second kappa shape index (κ2) is 17.2. The van der Waals surface area contributed by atoms with Gasteiger partial charge in [0.05, 0.1) is 32.8 Å². The molecule has 0 heterocycles. The number of carbonyl (C=O) groups is 2. The van der Waals surface area contributed by atoms with Crippen LogP contribution in [0, 0.1) is 0 Å². The molecule has 0 saturated heterocycles. The van der Waals surface area contributed by atoms with Crippen LogP contribution in [0.1, 0.15) is 26.2 Å². The van der Waals surface area contributed by atoms with Crippen LogP contribution in [0.15, 0.2) is 0 Å². The molecule has 0 aliphatic heterocycles. The molecule has 0 aromatic heterocycles. The second-order valence-electron chi connectivity index (χ2n) is 6.27. The average Bonchev–Trinajstić information content (AvgIpc) is 2.58. The minimum absolute atomic E-state index is 0.207. The van der Waals surface area contributed by atoms with Crippen LogP contribution in [0.3, 0.4) is 0 Å². The first-order chi connectivity index (χ1) is 12.5. The normalized spacial score (nSPS) is 11.2. The quantitative estimate of drug-likeness (QED) is 0.272. The lowest BCUT2D eigenvalue weighted by molar-refractivity contribution is -0.146. The van der Waals surface area contributed by atoms with E-state index in [1.165, 1.54) is 0 Å². The molecule has 0 bridgehead atoms. The lowest BCUT2D eigenvalue weighted by atomic mass is 10.3. The fourth-order valence-corrected chi connectivity index (χ4v) is 1.84. The van der Waals surface area contributed by atoms with Gasteiger partial charge in [0, 0.05) is 26.1 Å². The molecule has 0 rings (SSSR count). The maximum absolute atomic E-state index is 11.6. The Labute approximate surface area is 157 Å². The van der Waals surface area contributed by atoms with Gasteiger partial charge in [0.2, 0.25) is 0 Å². The summed E-state index contributed by atoms with van der Waals surface area (Å²) < 4.78 is 20.8. The van der Waals surface area contributed by atoms with E-state index in [0.717, 1.165) is 19.5 Å². The van der Waals surface area contributed by atoms with Crippen molar-refractivity contribution in [1.82, 2.24) is 9.80 Å². The number of hydrogen-bond acceptors (Lipinski definition) is 8. The minimum Gasteiger partial charge on any atom is -0.463 e. The maximum Gasteiger partial charge on any atom is 0.307 e. The average molecular weight is 376 g/mol. The van der Waals surface area contributed by atoms with Gasteiger partial charge in [-0.2, -0.15) is 0 Å². The Morgan fingerprint density at radius 2 is 1.23 bits per heavy atom. The van der Waals surface area contributed by atoms with Gasteiger partial charge in [0.1, 0.15) is 13.2 Å². The van der Waals surface area contributed by atoms with E-state index in [-0.39, 0.29) is 25.2 Å². The molecule has 0 amide bonds. The molecule has 0 saturated carbocycles. The molecule has 0 aliphatic rings. The Hall–Kier alpha value is -1.22. The molecule has 0 aromatic carbocycles. The van der Waals surface area contributed by atoms with Crippen LogP contribution in [0.25, 0.3) is 0 Å². The van der Waals surface area contributed by atoms with Crippen LogP contribution in [0.2, 0.25) is 0 Å². The number of rotatable bonds is 17. The minimum atomic E-state index is -0.247. The molecular formula is C18H36N2O6. The van der Waals surface area contributed by atoms with Gasteiger partial charge in [0.15, 0.2) is 0 Å². The van der Waals surface area contributed by atoms with Gasteiger partial charge in [-0.3, -0.25) is 9.59 Å². The zero-order valence-electron chi connectivity index (χ0n) is 16.8. The predicted octanol–water partition coefficient (Wildman–Crippen LogP) is 0.790. The SMILES string of the molecule is CCCC(=O)OCCOCCOC(=O)CCN(C)CCOCCN(C)C. The summed E-state index contributed by atoms with van der Waals surface area (Å²) in [5.41, 5.74) is 0. The number of nitrogens with zero attached hydrogens (tertiary/aromatic N) is 2. The molecule has 0 aromatic rings. The molecule has 0 N–H and O–H groups in total. The van der Waals surface area contributed by atoms with E-state index in [1.807, 2.05) is 33.0 Å². The summed E-state index contributed by atoms with van der Waals surface area (Å²) in [6.45, 7) is 6.63. The molecule has 0 fully saturated rings. The zero-order valence-corrected chi connectivity index (χ0v) is 16.8. The summed E-state index contributed by atoms with van der Waals surface area (Å²) in [5, 5.41) is 0. The van der Waals surface area contributed by atoms with E-state index in [9.17, 15) is 9.59 Å². The first-order valence-corrected chi connectivity index (χ1v) is 9.25. The zero-order chi connectivity index (χ0) is 19.6. The first-order valence-electron chi connectivity index (χ1n) is 9.25. The van der Waals surface area contributed by atoms with Crippen molar-refractivity contribution in [2.24, 2.45) is 0 Å². The lowest BCUT2D eigenvalue weighted by Crippen LogP contribution is -2.27. The standard InChI is InChI=1S/C18H36N2O6/c1-5-6-17(21)25-15-13-24-14-16-26-18(22)7-8-20(4)10-12-23-11-9-19(2)3/h5-16H2,1-4H3. The summed E-state index contributed by atoms with van der Waals surface area (Å²) in [4.78, 5) is 26.9. The predicted molar refractivity (Wildman–Crippen MR) is 99.1 cm³/mol. The van der Waals surface area contributed by atoms with Gasteiger partial charge in [-0.05, 0) is 27.6 Å². The molecule has 0 radical (unpaired) electrons. The Balaban J connectivity index is 3.41. The van der Waals surface area contributed by atoms with Gasteiger partial charge >= 0.3 is 11.9 Å². The van der Waals surface area contributed by atoms with Gasteiger partial charge in [0.25, 0.3) is 0 Å². The highest BCUT2D eigenvalue weighted by molar-refractivity contribution is 5.69. The maximum atomic E-state index is 11.6. The number of hydrogen-bond donors (Lipinski definition) is 0. The Morgan fingerprint density at radius 3 is 1.81 bits per heavy atom. The topological polar surface area (TPSA) is 77.5 Å².